The van der Waals surface area contributed by atoms with Crippen LogP contribution in [0.2, 0.25) is 0 Å². The quantitative estimate of drug-likeness (QED) is 0.589. The number of sulfonamides is 1. The van der Waals surface area contributed by atoms with Gasteiger partial charge in [0, 0.05) is 22.8 Å². The van der Waals surface area contributed by atoms with E-state index in [2.05, 4.69) is 10.4 Å². The molecular weight excluding hydrogens is 401 g/mol. The van der Waals surface area contributed by atoms with E-state index in [1.807, 2.05) is 0 Å². The Kier molecular flexibility index (Phi) is 5.00. The Balaban J connectivity index is 1.96. The highest BCUT2D eigenvalue weighted by atomic mass is 32.2. The summed E-state index contributed by atoms with van der Waals surface area (Å²) in [6.45, 7) is -3.00. The van der Waals surface area contributed by atoms with Crippen LogP contribution in [0.5, 0.6) is 5.75 Å². The lowest BCUT2D eigenvalue weighted by atomic mass is 10.1. The van der Waals surface area contributed by atoms with Gasteiger partial charge in [-0.1, -0.05) is 0 Å². The highest BCUT2D eigenvalue weighted by molar-refractivity contribution is 7.89. The molecule has 1 heterocycles. The number of phenols is 1. The van der Waals surface area contributed by atoms with Gasteiger partial charge in [0.2, 0.25) is 15.9 Å². The number of rotatable bonds is 5. The number of primary sulfonamides is 1. The molecule has 4 N–H and O–H groups in total. The Hall–Kier alpha value is -3.12. The van der Waals surface area contributed by atoms with E-state index in [0.717, 1.165) is 30.5 Å². The van der Waals surface area contributed by atoms with Gasteiger partial charge in [-0.25, -0.2) is 22.6 Å². The number of nitrogens with one attached hydrogen (secondary N) is 1. The molecule has 1 amide bonds. The Morgan fingerprint density at radius 2 is 2.00 bits per heavy atom. The molecule has 0 unspecified atom stereocenters. The van der Waals surface area contributed by atoms with Gasteiger partial charge in [-0.2, -0.15) is 13.9 Å². The van der Waals surface area contributed by atoms with E-state index in [1.54, 1.807) is 0 Å². The molecule has 28 heavy (non-hydrogen) atoms. The minimum Gasteiger partial charge on any atom is -0.508 e. The second-order valence-electron chi connectivity index (χ2n) is 5.84. The zero-order chi connectivity index (χ0) is 20.6. The first-order valence-electron chi connectivity index (χ1n) is 7.65. The summed E-state index contributed by atoms with van der Waals surface area (Å²) in [5, 5.41) is 20.6. The smallest absolute Gasteiger partial charge is 0.333 e. The van der Waals surface area contributed by atoms with E-state index in [0.29, 0.717) is 0 Å². The lowest BCUT2D eigenvalue weighted by Crippen LogP contribution is -2.16. The van der Waals surface area contributed by atoms with E-state index in [-0.39, 0.29) is 32.6 Å². The summed E-state index contributed by atoms with van der Waals surface area (Å²) in [5.41, 5.74) is -0.195. The predicted molar refractivity (Wildman–Crippen MR) is 92.8 cm³/mol. The van der Waals surface area contributed by atoms with Crippen molar-refractivity contribution in [3.05, 3.63) is 47.9 Å². The van der Waals surface area contributed by atoms with Crippen LogP contribution in [-0.4, -0.2) is 29.2 Å². The van der Waals surface area contributed by atoms with Gasteiger partial charge in [-0.15, -0.1) is 0 Å². The molecule has 0 saturated carbocycles. The zero-order valence-corrected chi connectivity index (χ0v) is 14.8. The number of nitrogens with two attached hydrogens (primary N) is 1. The first-order valence-corrected chi connectivity index (χ1v) is 9.20. The fourth-order valence-electron chi connectivity index (χ4n) is 2.59. The summed E-state index contributed by atoms with van der Waals surface area (Å²) in [5.74, 6) is -1.67. The molecule has 0 bridgehead atoms. The third kappa shape index (κ3) is 4.07. The van der Waals surface area contributed by atoms with Crippen molar-refractivity contribution in [1.82, 2.24) is 9.78 Å². The molecular formula is C16H13F3N4O4S. The molecule has 1 aromatic heterocycles. The molecule has 0 radical (unpaired) electrons. The molecule has 0 saturated heterocycles. The highest BCUT2D eigenvalue weighted by Crippen LogP contribution is 2.28. The Labute approximate surface area is 156 Å². The van der Waals surface area contributed by atoms with Crippen molar-refractivity contribution in [1.29, 1.82) is 0 Å². The van der Waals surface area contributed by atoms with E-state index in [9.17, 15) is 31.5 Å². The van der Waals surface area contributed by atoms with Crippen molar-refractivity contribution in [2.24, 2.45) is 5.14 Å². The molecule has 0 atom stereocenters. The summed E-state index contributed by atoms with van der Waals surface area (Å²) in [6.07, 6.45) is 0.411. The number of anilines is 1. The van der Waals surface area contributed by atoms with Gasteiger partial charge in [-0.3, -0.25) is 4.79 Å². The van der Waals surface area contributed by atoms with Gasteiger partial charge in [0.05, 0.1) is 16.8 Å². The van der Waals surface area contributed by atoms with Crippen molar-refractivity contribution >= 4 is 32.5 Å². The molecule has 0 aliphatic heterocycles. The van der Waals surface area contributed by atoms with Crippen LogP contribution in [0.3, 0.4) is 0 Å². The van der Waals surface area contributed by atoms with Gasteiger partial charge in [-0.05, 0) is 30.3 Å². The number of carbonyl (C=O) groups is 1. The first kappa shape index (κ1) is 19.6. The number of aromatic hydroxyl groups is 1. The van der Waals surface area contributed by atoms with Crippen molar-refractivity contribution in [2.45, 2.75) is 17.9 Å². The SMILES string of the molecule is NS(=O)(=O)c1cc(NC(=O)Cc2cc(F)ccc2O)cc2nn(C(F)F)cc12. The van der Waals surface area contributed by atoms with Crippen LogP contribution in [0, 0.1) is 5.82 Å². The third-order valence-corrected chi connectivity index (χ3v) is 4.74. The number of amides is 1. The molecule has 8 nitrogen and oxygen atoms in total. The second-order valence-corrected chi connectivity index (χ2v) is 7.37. The van der Waals surface area contributed by atoms with E-state index in [4.69, 9.17) is 5.14 Å². The lowest BCUT2D eigenvalue weighted by molar-refractivity contribution is -0.115. The highest BCUT2D eigenvalue weighted by Gasteiger charge is 2.20. The molecule has 3 rings (SSSR count). The van der Waals surface area contributed by atoms with Gasteiger partial charge in [0.15, 0.2) is 0 Å². The summed E-state index contributed by atoms with van der Waals surface area (Å²) in [7, 11) is -4.31. The van der Waals surface area contributed by atoms with Crippen LogP contribution in [-0.2, 0) is 21.2 Å². The van der Waals surface area contributed by atoms with Crippen LogP contribution in [0.1, 0.15) is 12.1 Å². The minimum absolute atomic E-state index is 0.00669. The molecule has 2 aromatic carbocycles. The average Bonchev–Trinajstić information content (AvgIpc) is 3.00. The molecule has 0 aliphatic carbocycles. The number of alkyl halides is 2. The molecule has 0 aliphatic rings. The van der Waals surface area contributed by atoms with Crippen molar-refractivity contribution in [3.8, 4) is 5.75 Å². The second kappa shape index (κ2) is 7.13. The van der Waals surface area contributed by atoms with Crippen molar-refractivity contribution in [2.75, 3.05) is 5.32 Å². The summed E-state index contributed by atoms with van der Waals surface area (Å²) < 4.78 is 62.8. The maximum Gasteiger partial charge on any atom is 0.333 e. The topological polar surface area (TPSA) is 127 Å². The van der Waals surface area contributed by atoms with Crippen molar-refractivity contribution in [3.63, 3.8) is 0 Å². The Morgan fingerprint density at radius 3 is 2.64 bits per heavy atom. The fraction of sp³-hybridized carbons (Fsp3) is 0.125. The van der Waals surface area contributed by atoms with Crippen LogP contribution in [0.25, 0.3) is 10.9 Å². The van der Waals surface area contributed by atoms with Gasteiger partial charge < -0.3 is 10.4 Å². The minimum atomic E-state index is -4.31. The number of hydrogen-bond donors (Lipinski definition) is 3. The monoisotopic (exact) mass is 414 g/mol. The maximum absolute atomic E-state index is 13.3. The number of fused-ring (bicyclic) bond motifs is 1. The molecule has 12 heteroatoms. The summed E-state index contributed by atoms with van der Waals surface area (Å²) >= 11 is 0. The van der Waals surface area contributed by atoms with E-state index >= 15 is 0 Å². The normalized spacial score (nSPS) is 11.9. The molecule has 148 valence electrons. The summed E-state index contributed by atoms with van der Waals surface area (Å²) in [4.78, 5) is 11.7. The number of halogens is 3. The predicted octanol–water partition coefficient (Wildman–Crippen LogP) is 2.10. The number of carbonyl (C=O) groups excluding carboxylic acids is 1. The zero-order valence-electron chi connectivity index (χ0n) is 13.9. The molecule has 0 spiro atoms. The summed E-state index contributed by atoms with van der Waals surface area (Å²) in [6, 6.07) is 5.26. The Bertz CT molecular complexity index is 1180. The lowest BCUT2D eigenvalue weighted by Gasteiger charge is -2.09. The first-order chi connectivity index (χ1) is 13.0. The number of phenolic OH excluding ortho intramolecular Hbond substituents is 1. The largest absolute Gasteiger partial charge is 0.508 e. The number of nitrogens with zero attached hydrogens (tertiary/aromatic N) is 2. The molecule has 0 fully saturated rings. The van der Waals surface area contributed by atoms with E-state index < -0.39 is 39.6 Å². The number of hydrogen-bond acceptors (Lipinski definition) is 5. The fourth-order valence-corrected chi connectivity index (χ4v) is 3.35. The number of aromatic nitrogens is 2. The standard InChI is InChI=1S/C16H13F3N4O4S/c17-9-1-2-13(24)8(3-9)4-15(25)21-10-5-12-11(7-23(22-12)16(18)19)14(6-10)28(20,26)27/h1-3,5-7,16,24H,4H2,(H,21,25)(H2,20,26,27). The molecule has 3 aromatic rings. The van der Waals surface area contributed by atoms with Gasteiger partial charge in [0.25, 0.3) is 0 Å². The van der Waals surface area contributed by atoms with Gasteiger partial charge >= 0.3 is 6.55 Å². The maximum atomic E-state index is 13.3. The van der Waals surface area contributed by atoms with Gasteiger partial charge in [0.1, 0.15) is 11.6 Å². The van der Waals surface area contributed by atoms with Crippen LogP contribution >= 0.6 is 0 Å². The third-order valence-electron chi connectivity index (χ3n) is 3.79. The van der Waals surface area contributed by atoms with Crippen molar-refractivity contribution < 1.29 is 31.5 Å². The van der Waals surface area contributed by atoms with Crippen LogP contribution < -0.4 is 10.5 Å². The average molecular weight is 414 g/mol. The number of benzene rings is 2. The van der Waals surface area contributed by atoms with Crippen LogP contribution in [0.4, 0.5) is 18.9 Å². The Morgan fingerprint density at radius 1 is 1.29 bits per heavy atom. The van der Waals surface area contributed by atoms with Crippen LogP contribution in [0.15, 0.2) is 41.4 Å². The van der Waals surface area contributed by atoms with E-state index in [1.165, 1.54) is 6.07 Å².